The molecule has 0 unspecified atom stereocenters. The molecule has 0 spiro atoms. The zero-order valence-corrected chi connectivity index (χ0v) is 7.32. The Labute approximate surface area is 76.3 Å². The third-order valence-corrected chi connectivity index (χ3v) is 1.73. The number of ether oxygens (including phenoxy) is 1. The Hall–Kier alpha value is -1.64. The van der Waals surface area contributed by atoms with Crippen LogP contribution in [-0.4, -0.2) is 18.9 Å². The number of carbonyl (C=O) groups excluding carboxylic acids is 2. The lowest BCUT2D eigenvalue weighted by Crippen LogP contribution is -2.09. The van der Waals surface area contributed by atoms with Gasteiger partial charge in [0.15, 0.2) is 6.61 Å². The predicted octanol–water partition coefficient (Wildman–Crippen LogP) is 1.35. The van der Waals surface area contributed by atoms with Gasteiger partial charge >= 0.3 is 0 Å². The van der Waals surface area contributed by atoms with Crippen LogP contribution in [0.4, 0.5) is 0 Å². The zero-order valence-electron chi connectivity index (χ0n) is 7.32. The fraction of sp³-hybridized carbons (Fsp3) is 0.200. The van der Waals surface area contributed by atoms with Crippen molar-refractivity contribution in [1.82, 2.24) is 0 Å². The van der Waals surface area contributed by atoms with E-state index in [0.29, 0.717) is 5.56 Å². The summed E-state index contributed by atoms with van der Waals surface area (Å²) in [7, 11) is 0. The number of hydrogen-bond acceptors (Lipinski definition) is 3. The quantitative estimate of drug-likeness (QED) is 0.516. The van der Waals surface area contributed by atoms with Crippen molar-refractivity contribution in [3.8, 4) is 0 Å². The molecule has 3 nitrogen and oxygen atoms in total. The molecule has 0 N–H and O–H groups in total. The summed E-state index contributed by atoms with van der Waals surface area (Å²) in [5.74, 6) is -0.176. The number of rotatable bonds is 4. The third kappa shape index (κ3) is 2.40. The van der Waals surface area contributed by atoms with Gasteiger partial charge in [0, 0.05) is 5.56 Å². The van der Waals surface area contributed by atoms with Gasteiger partial charge in [-0.3, -0.25) is 9.59 Å². The minimum Gasteiger partial charge on any atom is -0.459 e. The summed E-state index contributed by atoms with van der Waals surface area (Å²) in [6.07, 6.45) is 0. The summed E-state index contributed by atoms with van der Waals surface area (Å²) in [6, 6.07) is 7.19. The van der Waals surface area contributed by atoms with E-state index >= 15 is 0 Å². The summed E-state index contributed by atoms with van der Waals surface area (Å²) >= 11 is 0. The fourth-order valence-electron chi connectivity index (χ4n) is 1.07. The highest BCUT2D eigenvalue weighted by Crippen LogP contribution is 2.07. The van der Waals surface area contributed by atoms with Gasteiger partial charge in [-0.25, -0.2) is 0 Å². The second-order valence-electron chi connectivity index (χ2n) is 2.65. The molecular formula is C10H10O3. The average molecular weight is 178 g/mol. The van der Waals surface area contributed by atoms with E-state index in [2.05, 4.69) is 4.74 Å². The maximum Gasteiger partial charge on any atom is 0.293 e. The molecule has 0 aliphatic carbocycles. The van der Waals surface area contributed by atoms with Crippen LogP contribution in [0.2, 0.25) is 0 Å². The molecule has 0 aromatic heterocycles. The first-order valence-corrected chi connectivity index (χ1v) is 3.90. The van der Waals surface area contributed by atoms with Gasteiger partial charge in [-0.1, -0.05) is 24.3 Å². The molecule has 0 saturated heterocycles. The van der Waals surface area contributed by atoms with Crippen molar-refractivity contribution in [3.63, 3.8) is 0 Å². The molecule has 0 aliphatic heterocycles. The highest BCUT2D eigenvalue weighted by Gasteiger charge is 2.07. The Morgan fingerprint density at radius 2 is 2.15 bits per heavy atom. The monoisotopic (exact) mass is 178 g/mol. The lowest BCUT2D eigenvalue weighted by molar-refractivity contribution is -0.127. The molecule has 1 aromatic rings. The van der Waals surface area contributed by atoms with Crippen LogP contribution >= 0.6 is 0 Å². The van der Waals surface area contributed by atoms with E-state index in [1.807, 2.05) is 19.1 Å². The van der Waals surface area contributed by atoms with Crippen LogP contribution < -0.4 is 0 Å². The SMILES string of the molecule is Cc1ccccc1C(=O)COC=O. The number of carbonyl (C=O) groups is 2. The number of benzene rings is 1. The summed E-state index contributed by atoms with van der Waals surface area (Å²) in [6.45, 7) is 1.93. The standard InChI is InChI=1S/C10H10O3/c1-8-4-2-3-5-9(8)10(12)6-13-7-11/h2-5,7H,6H2,1H3. The molecule has 0 saturated carbocycles. The summed E-state index contributed by atoms with van der Waals surface area (Å²) in [4.78, 5) is 21.2. The van der Waals surface area contributed by atoms with Gasteiger partial charge in [0.1, 0.15) is 0 Å². The molecule has 68 valence electrons. The lowest BCUT2D eigenvalue weighted by atomic mass is 10.1. The molecule has 0 heterocycles. The third-order valence-electron chi connectivity index (χ3n) is 1.73. The first-order chi connectivity index (χ1) is 6.25. The molecule has 0 bridgehead atoms. The summed E-state index contributed by atoms with van der Waals surface area (Å²) < 4.78 is 4.37. The van der Waals surface area contributed by atoms with Gasteiger partial charge in [-0.05, 0) is 12.5 Å². The number of aryl methyl sites for hydroxylation is 1. The Kier molecular flexibility index (Phi) is 3.20. The first-order valence-electron chi connectivity index (χ1n) is 3.90. The molecule has 0 radical (unpaired) electrons. The van der Waals surface area contributed by atoms with Crippen molar-refractivity contribution in [3.05, 3.63) is 35.4 Å². The van der Waals surface area contributed by atoms with Gasteiger partial charge in [0.25, 0.3) is 6.47 Å². The fourth-order valence-corrected chi connectivity index (χ4v) is 1.07. The second kappa shape index (κ2) is 4.40. The average Bonchev–Trinajstić information content (AvgIpc) is 2.15. The van der Waals surface area contributed by atoms with Gasteiger partial charge in [0.05, 0.1) is 0 Å². The van der Waals surface area contributed by atoms with Crippen molar-refractivity contribution in [1.29, 1.82) is 0 Å². The van der Waals surface area contributed by atoms with Crippen molar-refractivity contribution in [2.24, 2.45) is 0 Å². The maximum atomic E-state index is 11.3. The Morgan fingerprint density at radius 3 is 2.77 bits per heavy atom. The lowest BCUT2D eigenvalue weighted by Gasteiger charge is -2.02. The molecule has 1 aromatic carbocycles. The van der Waals surface area contributed by atoms with Crippen molar-refractivity contribution in [2.45, 2.75) is 6.92 Å². The van der Waals surface area contributed by atoms with Crippen molar-refractivity contribution in [2.75, 3.05) is 6.61 Å². The van der Waals surface area contributed by atoms with E-state index < -0.39 is 0 Å². The smallest absolute Gasteiger partial charge is 0.293 e. The van der Waals surface area contributed by atoms with Crippen molar-refractivity contribution >= 4 is 12.3 Å². The van der Waals surface area contributed by atoms with Crippen LogP contribution in [0.15, 0.2) is 24.3 Å². The molecule has 0 aliphatic rings. The van der Waals surface area contributed by atoms with Gasteiger partial charge in [-0.15, -0.1) is 0 Å². The zero-order chi connectivity index (χ0) is 9.68. The Morgan fingerprint density at radius 1 is 1.46 bits per heavy atom. The van der Waals surface area contributed by atoms with E-state index in [9.17, 15) is 9.59 Å². The summed E-state index contributed by atoms with van der Waals surface area (Å²) in [5.41, 5.74) is 1.49. The maximum absolute atomic E-state index is 11.3. The minimum absolute atomic E-state index is 0.176. The van der Waals surface area contributed by atoms with E-state index in [1.54, 1.807) is 12.1 Å². The van der Waals surface area contributed by atoms with Crippen LogP contribution in [0.3, 0.4) is 0 Å². The normalized spacial score (nSPS) is 9.31. The highest BCUT2D eigenvalue weighted by atomic mass is 16.5. The molecule has 0 amide bonds. The highest BCUT2D eigenvalue weighted by molar-refractivity contribution is 5.98. The van der Waals surface area contributed by atoms with Gasteiger partial charge in [-0.2, -0.15) is 0 Å². The van der Waals surface area contributed by atoms with Crippen LogP contribution in [0, 0.1) is 6.92 Å². The van der Waals surface area contributed by atoms with Crippen LogP contribution in [0.1, 0.15) is 15.9 Å². The van der Waals surface area contributed by atoms with Gasteiger partial charge in [0.2, 0.25) is 5.78 Å². The van der Waals surface area contributed by atoms with E-state index in [-0.39, 0.29) is 18.9 Å². The topological polar surface area (TPSA) is 43.4 Å². The molecule has 1 rings (SSSR count). The molecular weight excluding hydrogens is 168 g/mol. The summed E-state index contributed by atoms with van der Waals surface area (Å²) in [5, 5.41) is 0. The first kappa shape index (κ1) is 9.45. The Bertz CT molecular complexity index is 318. The number of hydrogen-bond donors (Lipinski definition) is 0. The number of ketones is 1. The minimum atomic E-state index is -0.186. The molecule has 0 atom stereocenters. The molecule has 3 heteroatoms. The molecule has 0 fully saturated rings. The van der Waals surface area contributed by atoms with E-state index in [4.69, 9.17) is 0 Å². The largest absolute Gasteiger partial charge is 0.459 e. The van der Waals surface area contributed by atoms with Crippen molar-refractivity contribution < 1.29 is 14.3 Å². The number of Topliss-reactive ketones (excluding diaryl/α,β-unsaturated/α-hetero) is 1. The van der Waals surface area contributed by atoms with E-state index in [0.717, 1.165) is 5.56 Å². The second-order valence-corrected chi connectivity index (χ2v) is 2.65. The predicted molar refractivity (Wildman–Crippen MR) is 47.5 cm³/mol. The van der Waals surface area contributed by atoms with Crippen LogP contribution in [0.5, 0.6) is 0 Å². The van der Waals surface area contributed by atoms with Crippen LogP contribution in [-0.2, 0) is 9.53 Å². The van der Waals surface area contributed by atoms with Gasteiger partial charge < -0.3 is 4.74 Å². The molecule has 13 heavy (non-hydrogen) atoms. The van der Waals surface area contributed by atoms with E-state index in [1.165, 1.54) is 0 Å². The van der Waals surface area contributed by atoms with Crippen LogP contribution in [0.25, 0.3) is 0 Å². The Balaban J connectivity index is 2.76.